The predicted octanol–water partition coefficient (Wildman–Crippen LogP) is 1.34. The normalized spacial score (nSPS) is 25.7. The minimum absolute atomic E-state index is 0.109. The summed E-state index contributed by atoms with van der Waals surface area (Å²) >= 11 is 0. The van der Waals surface area contributed by atoms with Crippen molar-refractivity contribution in [3.8, 4) is 0 Å². The number of rotatable bonds is 5. The maximum atomic E-state index is 12.8. The van der Waals surface area contributed by atoms with Gasteiger partial charge in [0.15, 0.2) is 0 Å². The van der Waals surface area contributed by atoms with Crippen LogP contribution in [-0.4, -0.2) is 95.6 Å². The smallest absolute Gasteiger partial charge is 0.227 e. The van der Waals surface area contributed by atoms with Gasteiger partial charge in [0, 0.05) is 72.1 Å². The van der Waals surface area contributed by atoms with Crippen LogP contribution in [-0.2, 0) is 19.2 Å². The van der Waals surface area contributed by atoms with Crippen molar-refractivity contribution in [1.82, 2.24) is 19.6 Å². The van der Waals surface area contributed by atoms with E-state index in [1.54, 1.807) is 6.92 Å². The fourth-order valence-corrected chi connectivity index (χ4v) is 5.81. The van der Waals surface area contributed by atoms with Gasteiger partial charge in [-0.1, -0.05) is 0 Å². The number of amides is 4. The summed E-state index contributed by atoms with van der Waals surface area (Å²) in [6.45, 7) is 7.61. The summed E-state index contributed by atoms with van der Waals surface area (Å²) in [7, 11) is 0. The molecule has 178 valence electrons. The molecule has 0 radical (unpaired) electrons. The molecule has 4 aliphatic heterocycles. The number of piperidine rings is 2. The molecule has 4 saturated heterocycles. The Morgan fingerprint density at radius 1 is 0.812 bits per heavy atom. The Labute approximate surface area is 191 Å². The molecule has 0 spiro atoms. The van der Waals surface area contributed by atoms with E-state index in [-0.39, 0.29) is 29.5 Å². The van der Waals surface area contributed by atoms with Crippen LogP contribution in [0.5, 0.6) is 0 Å². The maximum absolute atomic E-state index is 12.8. The summed E-state index contributed by atoms with van der Waals surface area (Å²) in [5, 5.41) is 0. The van der Waals surface area contributed by atoms with Gasteiger partial charge >= 0.3 is 0 Å². The summed E-state index contributed by atoms with van der Waals surface area (Å²) < 4.78 is 0. The SMILES string of the molecule is CC(=O)N1CCC(CC(=O)N2CCC(CN3CC(C(=O)N4CCCC4)CC3=O)CC2)CC1. The lowest BCUT2D eigenvalue weighted by Gasteiger charge is -2.36. The topological polar surface area (TPSA) is 81.2 Å². The van der Waals surface area contributed by atoms with Crippen molar-refractivity contribution in [3.05, 3.63) is 0 Å². The average Bonchev–Trinajstić information content (AvgIpc) is 3.45. The highest BCUT2D eigenvalue weighted by Crippen LogP contribution is 2.27. The highest BCUT2D eigenvalue weighted by atomic mass is 16.2. The van der Waals surface area contributed by atoms with Crippen molar-refractivity contribution in [2.24, 2.45) is 17.8 Å². The quantitative estimate of drug-likeness (QED) is 0.638. The number of carbonyl (C=O) groups is 4. The second-order valence-corrected chi connectivity index (χ2v) is 10.2. The first-order valence-corrected chi connectivity index (χ1v) is 12.5. The van der Waals surface area contributed by atoms with Crippen LogP contribution in [0.2, 0.25) is 0 Å². The molecule has 0 bridgehead atoms. The molecule has 1 unspecified atom stereocenters. The van der Waals surface area contributed by atoms with Crippen molar-refractivity contribution in [2.75, 3.05) is 52.4 Å². The van der Waals surface area contributed by atoms with Gasteiger partial charge < -0.3 is 19.6 Å². The number of hydrogen-bond donors (Lipinski definition) is 0. The van der Waals surface area contributed by atoms with E-state index in [0.29, 0.717) is 37.8 Å². The number of carbonyl (C=O) groups excluding carboxylic acids is 4. The van der Waals surface area contributed by atoms with Crippen LogP contribution < -0.4 is 0 Å². The summed E-state index contributed by atoms with van der Waals surface area (Å²) in [5.74, 6) is 1.24. The van der Waals surface area contributed by atoms with Gasteiger partial charge in [-0.25, -0.2) is 0 Å². The van der Waals surface area contributed by atoms with Crippen LogP contribution in [0, 0.1) is 17.8 Å². The Bertz CT molecular complexity index is 720. The van der Waals surface area contributed by atoms with Crippen molar-refractivity contribution in [2.45, 2.75) is 58.3 Å². The maximum Gasteiger partial charge on any atom is 0.227 e. The molecular weight excluding hydrogens is 408 g/mol. The first-order valence-electron chi connectivity index (χ1n) is 12.5. The van der Waals surface area contributed by atoms with Crippen molar-refractivity contribution >= 4 is 23.6 Å². The zero-order valence-corrected chi connectivity index (χ0v) is 19.5. The van der Waals surface area contributed by atoms with Gasteiger partial charge in [0.25, 0.3) is 0 Å². The number of nitrogens with zero attached hydrogens (tertiary/aromatic N) is 4. The first kappa shape index (κ1) is 23.1. The first-order chi connectivity index (χ1) is 15.4. The Hall–Kier alpha value is -2.12. The fraction of sp³-hybridized carbons (Fsp3) is 0.833. The van der Waals surface area contributed by atoms with E-state index >= 15 is 0 Å². The van der Waals surface area contributed by atoms with Gasteiger partial charge in [0.05, 0.1) is 5.92 Å². The van der Waals surface area contributed by atoms with Gasteiger partial charge in [-0.05, 0) is 50.4 Å². The van der Waals surface area contributed by atoms with Gasteiger partial charge in [-0.3, -0.25) is 19.2 Å². The molecule has 4 rings (SSSR count). The van der Waals surface area contributed by atoms with Crippen LogP contribution in [0.25, 0.3) is 0 Å². The highest BCUT2D eigenvalue weighted by molar-refractivity contribution is 5.89. The lowest BCUT2D eigenvalue weighted by atomic mass is 9.91. The molecule has 32 heavy (non-hydrogen) atoms. The van der Waals surface area contributed by atoms with Crippen LogP contribution in [0.1, 0.15) is 58.3 Å². The Morgan fingerprint density at radius 3 is 2.03 bits per heavy atom. The Morgan fingerprint density at radius 2 is 1.41 bits per heavy atom. The van der Waals surface area contributed by atoms with Crippen molar-refractivity contribution in [3.63, 3.8) is 0 Å². The summed E-state index contributed by atoms with van der Waals surface area (Å²) in [5.41, 5.74) is 0. The number of hydrogen-bond acceptors (Lipinski definition) is 4. The lowest BCUT2D eigenvalue weighted by Crippen LogP contribution is -2.43. The predicted molar refractivity (Wildman–Crippen MR) is 119 cm³/mol. The zero-order valence-electron chi connectivity index (χ0n) is 19.5. The van der Waals surface area contributed by atoms with E-state index in [1.165, 1.54) is 0 Å². The van der Waals surface area contributed by atoms with Gasteiger partial charge in [0.2, 0.25) is 23.6 Å². The van der Waals surface area contributed by atoms with Gasteiger partial charge in [0.1, 0.15) is 0 Å². The Balaban J connectivity index is 1.17. The summed E-state index contributed by atoms with van der Waals surface area (Å²) in [6.07, 6.45) is 6.75. The Kier molecular flexibility index (Phi) is 7.36. The standard InChI is InChI=1S/C24H38N4O4/c1-18(29)25-10-4-19(5-11-25)14-22(30)26-12-6-20(7-13-26)16-28-17-21(15-23(28)31)24(32)27-8-2-3-9-27/h19-21H,2-17H2,1H3. The summed E-state index contributed by atoms with van der Waals surface area (Å²) in [6, 6.07) is 0. The molecule has 0 aromatic heterocycles. The third-order valence-electron chi connectivity index (χ3n) is 7.95. The molecule has 1 atom stereocenters. The van der Waals surface area contributed by atoms with Gasteiger partial charge in [-0.15, -0.1) is 0 Å². The third kappa shape index (κ3) is 5.44. The molecule has 0 saturated carbocycles. The highest BCUT2D eigenvalue weighted by Gasteiger charge is 2.38. The molecule has 0 N–H and O–H groups in total. The minimum Gasteiger partial charge on any atom is -0.343 e. The van der Waals surface area contributed by atoms with E-state index in [0.717, 1.165) is 77.8 Å². The van der Waals surface area contributed by atoms with Gasteiger partial charge in [-0.2, -0.15) is 0 Å². The second kappa shape index (κ2) is 10.2. The molecule has 4 aliphatic rings. The molecule has 0 aromatic carbocycles. The zero-order chi connectivity index (χ0) is 22.7. The largest absolute Gasteiger partial charge is 0.343 e. The molecule has 8 nitrogen and oxygen atoms in total. The molecule has 8 heteroatoms. The van der Waals surface area contributed by atoms with Crippen molar-refractivity contribution in [1.29, 1.82) is 0 Å². The molecular formula is C24H38N4O4. The molecule has 4 fully saturated rings. The monoisotopic (exact) mass is 446 g/mol. The van der Waals surface area contributed by atoms with E-state index in [2.05, 4.69) is 0 Å². The van der Waals surface area contributed by atoms with Crippen LogP contribution in [0.3, 0.4) is 0 Å². The summed E-state index contributed by atoms with van der Waals surface area (Å²) in [4.78, 5) is 57.1. The fourth-order valence-electron chi connectivity index (χ4n) is 5.81. The molecule has 4 amide bonds. The van der Waals surface area contributed by atoms with E-state index < -0.39 is 0 Å². The lowest BCUT2D eigenvalue weighted by molar-refractivity contribution is -0.135. The van der Waals surface area contributed by atoms with E-state index in [1.807, 2.05) is 19.6 Å². The van der Waals surface area contributed by atoms with Crippen LogP contribution in [0.4, 0.5) is 0 Å². The minimum atomic E-state index is -0.170. The molecule has 0 aromatic rings. The van der Waals surface area contributed by atoms with Crippen molar-refractivity contribution < 1.29 is 19.2 Å². The molecule has 4 heterocycles. The third-order valence-corrected chi connectivity index (χ3v) is 7.95. The second-order valence-electron chi connectivity index (χ2n) is 10.2. The van der Waals surface area contributed by atoms with Crippen LogP contribution in [0.15, 0.2) is 0 Å². The van der Waals surface area contributed by atoms with E-state index in [9.17, 15) is 19.2 Å². The molecule has 0 aliphatic carbocycles. The number of likely N-dealkylation sites (tertiary alicyclic amines) is 4. The average molecular weight is 447 g/mol. The van der Waals surface area contributed by atoms with E-state index in [4.69, 9.17) is 0 Å². The van der Waals surface area contributed by atoms with Crippen LogP contribution >= 0.6 is 0 Å².